The lowest BCUT2D eigenvalue weighted by Crippen LogP contribution is -1.93. The Bertz CT molecular complexity index is 779. The highest BCUT2D eigenvalue weighted by Gasteiger charge is 2.20. The smallest absolute Gasteiger partial charge is 0.0948 e. The Balaban J connectivity index is 2.20. The second-order valence-electron chi connectivity index (χ2n) is 4.64. The average Bonchev–Trinajstić information content (AvgIpc) is 2.79. The van der Waals surface area contributed by atoms with Gasteiger partial charge in [-0.3, -0.25) is 0 Å². The molecule has 0 aliphatic rings. The van der Waals surface area contributed by atoms with Gasteiger partial charge in [0.25, 0.3) is 0 Å². The first kappa shape index (κ1) is 14.4. The molecule has 0 radical (unpaired) electrons. The van der Waals surface area contributed by atoms with Crippen LogP contribution in [0.25, 0.3) is 10.8 Å². The standard InChI is InChI=1S/C16H11BrCl2S/c1-9-8-20-16(14(9)18)15(19)12-6-7-13(17)11-5-3-2-4-10(11)12/h2-8,15H,1H3. The Morgan fingerprint density at radius 3 is 2.45 bits per heavy atom. The van der Waals surface area contributed by atoms with Crippen LogP contribution in [-0.4, -0.2) is 0 Å². The third-order valence-electron chi connectivity index (χ3n) is 3.33. The quantitative estimate of drug-likeness (QED) is 0.418. The number of halogens is 3. The number of thiophene rings is 1. The van der Waals surface area contributed by atoms with Crippen molar-refractivity contribution in [2.45, 2.75) is 12.3 Å². The normalized spacial score (nSPS) is 12.8. The molecule has 0 saturated carbocycles. The molecule has 2 aromatic carbocycles. The second-order valence-corrected chi connectivity index (χ2v) is 7.22. The highest BCUT2D eigenvalue weighted by Crippen LogP contribution is 2.42. The minimum absolute atomic E-state index is 0.223. The van der Waals surface area contributed by atoms with Crippen molar-refractivity contribution in [3.63, 3.8) is 0 Å². The summed E-state index contributed by atoms with van der Waals surface area (Å²) in [6, 6.07) is 12.4. The summed E-state index contributed by atoms with van der Waals surface area (Å²) in [6.45, 7) is 2.01. The molecule has 0 N–H and O–H groups in total. The van der Waals surface area contributed by atoms with Gasteiger partial charge >= 0.3 is 0 Å². The van der Waals surface area contributed by atoms with Crippen molar-refractivity contribution in [3.8, 4) is 0 Å². The van der Waals surface area contributed by atoms with Crippen molar-refractivity contribution in [1.82, 2.24) is 0 Å². The second kappa shape index (κ2) is 5.69. The molecule has 3 rings (SSSR count). The van der Waals surface area contributed by atoms with Crippen LogP contribution < -0.4 is 0 Å². The minimum atomic E-state index is -0.223. The van der Waals surface area contributed by atoms with E-state index in [-0.39, 0.29) is 5.38 Å². The van der Waals surface area contributed by atoms with Crippen molar-refractivity contribution in [3.05, 3.63) is 67.3 Å². The molecule has 1 atom stereocenters. The van der Waals surface area contributed by atoms with Crippen molar-refractivity contribution < 1.29 is 0 Å². The van der Waals surface area contributed by atoms with E-state index in [9.17, 15) is 0 Å². The molecule has 20 heavy (non-hydrogen) atoms. The van der Waals surface area contributed by atoms with Crippen molar-refractivity contribution >= 4 is 61.2 Å². The summed E-state index contributed by atoms with van der Waals surface area (Å²) in [7, 11) is 0. The molecular weight excluding hydrogens is 375 g/mol. The zero-order chi connectivity index (χ0) is 14.3. The van der Waals surface area contributed by atoms with Gasteiger partial charge in [0.2, 0.25) is 0 Å². The van der Waals surface area contributed by atoms with E-state index in [2.05, 4.69) is 34.1 Å². The fourth-order valence-corrected chi connectivity index (χ4v) is 4.55. The predicted molar refractivity (Wildman–Crippen MR) is 93.4 cm³/mol. The van der Waals surface area contributed by atoms with E-state index in [0.29, 0.717) is 0 Å². The van der Waals surface area contributed by atoms with Crippen LogP contribution in [0.1, 0.15) is 21.4 Å². The molecule has 1 aromatic heterocycles. The monoisotopic (exact) mass is 384 g/mol. The van der Waals surface area contributed by atoms with E-state index in [1.54, 1.807) is 11.3 Å². The van der Waals surface area contributed by atoms with Crippen molar-refractivity contribution in [1.29, 1.82) is 0 Å². The van der Waals surface area contributed by atoms with E-state index in [0.717, 1.165) is 30.9 Å². The van der Waals surface area contributed by atoms with Crippen LogP contribution in [0.2, 0.25) is 5.02 Å². The molecule has 3 aromatic rings. The maximum atomic E-state index is 6.69. The van der Waals surface area contributed by atoms with E-state index in [1.165, 1.54) is 5.39 Å². The predicted octanol–water partition coefficient (Wildman–Crippen LogP) is 6.95. The maximum Gasteiger partial charge on any atom is 0.0948 e. The molecule has 1 heterocycles. The van der Waals surface area contributed by atoms with Gasteiger partial charge < -0.3 is 0 Å². The highest BCUT2D eigenvalue weighted by atomic mass is 79.9. The number of fused-ring (bicyclic) bond motifs is 1. The molecule has 0 aliphatic heterocycles. The third-order valence-corrected chi connectivity index (χ3v) is 6.39. The largest absolute Gasteiger partial charge is 0.145 e. The minimum Gasteiger partial charge on any atom is -0.145 e. The number of benzene rings is 2. The fraction of sp³-hybridized carbons (Fsp3) is 0.125. The summed E-state index contributed by atoms with van der Waals surface area (Å²) in [4.78, 5) is 1.01. The summed E-state index contributed by atoms with van der Waals surface area (Å²) in [5, 5.41) is 4.93. The number of aryl methyl sites for hydroxylation is 1. The molecule has 0 spiro atoms. The van der Waals surface area contributed by atoms with E-state index in [4.69, 9.17) is 23.2 Å². The lowest BCUT2D eigenvalue weighted by atomic mass is 10.0. The lowest BCUT2D eigenvalue weighted by Gasteiger charge is -2.13. The van der Waals surface area contributed by atoms with Crippen LogP contribution in [0.4, 0.5) is 0 Å². The van der Waals surface area contributed by atoms with Gasteiger partial charge in [-0.1, -0.05) is 57.9 Å². The summed E-state index contributed by atoms with van der Waals surface area (Å²) in [5.74, 6) is 0. The van der Waals surface area contributed by atoms with Crippen molar-refractivity contribution in [2.75, 3.05) is 0 Å². The molecular formula is C16H11BrCl2S. The molecule has 0 amide bonds. The first-order valence-electron chi connectivity index (χ1n) is 6.14. The Kier molecular flexibility index (Phi) is 4.09. The number of alkyl halides is 1. The van der Waals surface area contributed by atoms with Gasteiger partial charge in [-0.15, -0.1) is 22.9 Å². The summed E-state index contributed by atoms with van der Waals surface area (Å²) < 4.78 is 1.08. The topological polar surface area (TPSA) is 0 Å². The summed E-state index contributed by atoms with van der Waals surface area (Å²) >= 11 is 18.2. The van der Waals surface area contributed by atoms with Crippen LogP contribution >= 0.6 is 50.5 Å². The molecule has 0 aliphatic carbocycles. The van der Waals surface area contributed by atoms with Gasteiger partial charge in [0, 0.05) is 9.35 Å². The van der Waals surface area contributed by atoms with Crippen LogP contribution in [0.15, 0.2) is 46.3 Å². The maximum absolute atomic E-state index is 6.69. The van der Waals surface area contributed by atoms with Gasteiger partial charge in [-0.05, 0) is 40.3 Å². The highest BCUT2D eigenvalue weighted by molar-refractivity contribution is 9.10. The first-order chi connectivity index (χ1) is 9.59. The first-order valence-corrected chi connectivity index (χ1v) is 8.63. The van der Waals surface area contributed by atoms with Crippen LogP contribution in [-0.2, 0) is 0 Å². The van der Waals surface area contributed by atoms with Gasteiger partial charge in [-0.25, -0.2) is 0 Å². The number of hydrogen-bond acceptors (Lipinski definition) is 1. The molecule has 0 saturated heterocycles. The molecule has 0 bridgehead atoms. The van der Waals surface area contributed by atoms with Crippen LogP contribution in [0.5, 0.6) is 0 Å². The van der Waals surface area contributed by atoms with Crippen LogP contribution in [0.3, 0.4) is 0 Å². The Morgan fingerprint density at radius 1 is 1.10 bits per heavy atom. The van der Waals surface area contributed by atoms with E-state index < -0.39 is 0 Å². The Morgan fingerprint density at radius 2 is 1.80 bits per heavy atom. The van der Waals surface area contributed by atoms with Crippen LogP contribution in [0, 0.1) is 6.92 Å². The zero-order valence-electron chi connectivity index (χ0n) is 10.7. The fourth-order valence-electron chi connectivity index (χ4n) is 2.27. The van der Waals surface area contributed by atoms with E-state index >= 15 is 0 Å². The molecule has 0 fully saturated rings. The molecule has 4 heteroatoms. The third kappa shape index (κ3) is 2.39. The molecule has 102 valence electrons. The van der Waals surface area contributed by atoms with Gasteiger partial charge in [0.05, 0.1) is 10.4 Å². The Hall–Kier alpha value is -0.540. The number of hydrogen-bond donors (Lipinski definition) is 0. The summed E-state index contributed by atoms with van der Waals surface area (Å²) in [6.07, 6.45) is 0. The summed E-state index contributed by atoms with van der Waals surface area (Å²) in [5.41, 5.74) is 2.17. The number of rotatable bonds is 2. The van der Waals surface area contributed by atoms with Crippen molar-refractivity contribution in [2.24, 2.45) is 0 Å². The molecule has 0 nitrogen and oxygen atoms in total. The average molecular weight is 386 g/mol. The van der Waals surface area contributed by atoms with Gasteiger partial charge in [0.1, 0.15) is 0 Å². The SMILES string of the molecule is Cc1csc(C(Cl)c2ccc(Br)c3ccccc23)c1Cl. The Labute approximate surface area is 140 Å². The molecule has 1 unspecified atom stereocenters. The van der Waals surface area contributed by atoms with Gasteiger partial charge in [-0.2, -0.15) is 0 Å². The lowest BCUT2D eigenvalue weighted by molar-refractivity contribution is 1.20. The van der Waals surface area contributed by atoms with E-state index in [1.807, 2.05) is 30.5 Å². The zero-order valence-corrected chi connectivity index (χ0v) is 14.6. The van der Waals surface area contributed by atoms with Gasteiger partial charge in [0.15, 0.2) is 0 Å².